The molecule has 0 aromatic rings. The molecule has 0 aromatic heterocycles. The lowest BCUT2D eigenvalue weighted by atomic mass is 9.68. The summed E-state index contributed by atoms with van der Waals surface area (Å²) in [5.74, 6) is 1.18. The third-order valence-corrected chi connectivity index (χ3v) is 8.95. The highest BCUT2D eigenvalue weighted by molar-refractivity contribution is 4.91. The maximum atomic E-state index is 6.33. The van der Waals surface area contributed by atoms with E-state index in [-0.39, 0.29) is 0 Å². The predicted octanol–water partition coefficient (Wildman–Crippen LogP) is 3.81. The van der Waals surface area contributed by atoms with Gasteiger partial charge in [0.1, 0.15) is 0 Å². The van der Waals surface area contributed by atoms with Crippen LogP contribution in [0.5, 0.6) is 0 Å². The highest BCUT2D eigenvalue weighted by Crippen LogP contribution is 2.43. The van der Waals surface area contributed by atoms with E-state index in [2.05, 4.69) is 0 Å². The second-order valence-corrected chi connectivity index (χ2v) is 11.8. The van der Waals surface area contributed by atoms with Gasteiger partial charge in [0.15, 0.2) is 0 Å². The lowest BCUT2D eigenvalue weighted by molar-refractivity contribution is -0.118. The van der Waals surface area contributed by atoms with Crippen molar-refractivity contribution < 1.29 is 47.4 Å². The topological polar surface area (TPSA) is 92.3 Å². The van der Waals surface area contributed by atoms with Gasteiger partial charge in [-0.3, -0.25) is 0 Å². The van der Waals surface area contributed by atoms with Gasteiger partial charge in [-0.25, -0.2) is 0 Å². The Morgan fingerprint density at radius 2 is 0.548 bits per heavy atom. The molecule has 5 rings (SSSR count). The van der Waals surface area contributed by atoms with Gasteiger partial charge < -0.3 is 47.4 Å². The standard InChI is InChI=1S/C32H58O10/c1-3-29-30-4-2-6-32(29)42-26-22-38-18-14-34-12-16-36-20-24-40-28-9-7-27(8-10-28)39-23-19-35-15-11-33-13-17-37-21-25-41-31(30)5-1/h27-32H,1-26H2. The van der Waals surface area contributed by atoms with Crippen molar-refractivity contribution in [2.75, 3.05) is 106 Å². The third kappa shape index (κ3) is 13.7. The number of ether oxygens (including phenoxy) is 10. The SMILES string of the molecule is C1CC2OCCOCCOCCOCCOC3CCC(CC3)OCCOCCOCCOCCOC3CCCC2C3C1. The normalized spacial score (nSPS) is 36.0. The first-order valence-electron chi connectivity index (χ1n) is 16.8. The van der Waals surface area contributed by atoms with Crippen molar-refractivity contribution in [3.63, 3.8) is 0 Å². The van der Waals surface area contributed by atoms with E-state index in [0.29, 0.717) is 142 Å². The summed E-state index contributed by atoms with van der Waals surface area (Å²) in [6, 6.07) is 0. The van der Waals surface area contributed by atoms with Crippen LogP contribution in [0.4, 0.5) is 0 Å². The molecule has 10 heteroatoms. The first kappa shape index (κ1) is 34.5. The van der Waals surface area contributed by atoms with Crippen molar-refractivity contribution in [3.05, 3.63) is 0 Å². The highest BCUT2D eigenvalue weighted by Gasteiger charge is 2.41. The van der Waals surface area contributed by atoms with Gasteiger partial charge in [0.25, 0.3) is 0 Å². The molecule has 4 unspecified atom stereocenters. The van der Waals surface area contributed by atoms with Crippen LogP contribution in [0.2, 0.25) is 0 Å². The van der Waals surface area contributed by atoms with Crippen molar-refractivity contribution in [1.82, 2.24) is 0 Å². The molecule has 0 amide bonds. The average Bonchev–Trinajstić information content (AvgIpc) is 3.02. The van der Waals surface area contributed by atoms with Crippen LogP contribution in [-0.2, 0) is 47.4 Å². The minimum Gasteiger partial charge on any atom is -0.377 e. The molecule has 2 aliphatic heterocycles. The smallest absolute Gasteiger partial charge is 0.0704 e. The first-order valence-corrected chi connectivity index (χ1v) is 16.8. The van der Waals surface area contributed by atoms with Gasteiger partial charge in [-0.1, -0.05) is 12.8 Å². The van der Waals surface area contributed by atoms with Gasteiger partial charge >= 0.3 is 0 Å². The summed E-state index contributed by atoms with van der Waals surface area (Å²) in [4.78, 5) is 0. The maximum absolute atomic E-state index is 6.33. The summed E-state index contributed by atoms with van der Waals surface area (Å²) in [5, 5.41) is 0. The van der Waals surface area contributed by atoms with Crippen molar-refractivity contribution in [1.29, 1.82) is 0 Å². The van der Waals surface area contributed by atoms with Gasteiger partial charge in [-0.2, -0.15) is 0 Å². The monoisotopic (exact) mass is 602 g/mol. The summed E-state index contributed by atoms with van der Waals surface area (Å²) >= 11 is 0. The van der Waals surface area contributed by atoms with Crippen LogP contribution in [0.1, 0.15) is 64.2 Å². The molecule has 6 bridgehead atoms. The van der Waals surface area contributed by atoms with Crippen molar-refractivity contribution in [3.8, 4) is 0 Å². The zero-order valence-corrected chi connectivity index (χ0v) is 25.9. The summed E-state index contributed by atoms with van der Waals surface area (Å²) in [6.45, 7) is 9.50. The molecule has 5 aliphatic rings. The van der Waals surface area contributed by atoms with Gasteiger partial charge in [-0.15, -0.1) is 0 Å². The highest BCUT2D eigenvalue weighted by atomic mass is 16.6. The van der Waals surface area contributed by atoms with Crippen LogP contribution in [0.25, 0.3) is 0 Å². The Kier molecular flexibility index (Phi) is 18.2. The molecule has 246 valence electrons. The Hall–Kier alpha value is -0.400. The Labute approximate surface area is 253 Å². The van der Waals surface area contributed by atoms with E-state index in [9.17, 15) is 0 Å². The fraction of sp³-hybridized carbons (Fsp3) is 1.00. The van der Waals surface area contributed by atoms with Crippen molar-refractivity contribution >= 4 is 0 Å². The van der Waals surface area contributed by atoms with E-state index in [4.69, 9.17) is 47.4 Å². The Bertz CT molecular complexity index is 593. The number of rotatable bonds is 0. The van der Waals surface area contributed by atoms with Gasteiger partial charge in [0.2, 0.25) is 0 Å². The van der Waals surface area contributed by atoms with Gasteiger partial charge in [-0.05, 0) is 63.2 Å². The molecule has 4 atom stereocenters. The minimum atomic E-state index is 0.303. The largest absolute Gasteiger partial charge is 0.377 e. The van der Waals surface area contributed by atoms with E-state index in [1.165, 1.54) is 25.7 Å². The van der Waals surface area contributed by atoms with Gasteiger partial charge in [0, 0.05) is 0 Å². The zero-order chi connectivity index (χ0) is 28.9. The lowest BCUT2D eigenvalue weighted by Gasteiger charge is -2.45. The minimum absolute atomic E-state index is 0.303. The molecule has 10 nitrogen and oxygen atoms in total. The lowest BCUT2D eigenvalue weighted by Crippen LogP contribution is -2.44. The molecule has 2 saturated heterocycles. The number of hydrogen-bond donors (Lipinski definition) is 0. The molecule has 0 radical (unpaired) electrons. The summed E-state index contributed by atoms with van der Waals surface area (Å²) in [5.41, 5.74) is 0. The zero-order valence-electron chi connectivity index (χ0n) is 25.9. The summed E-state index contributed by atoms with van der Waals surface area (Å²) in [6.07, 6.45) is 12.6. The molecule has 2 heterocycles. The van der Waals surface area contributed by atoms with Crippen molar-refractivity contribution in [2.24, 2.45) is 11.8 Å². The van der Waals surface area contributed by atoms with Crippen LogP contribution in [-0.4, -0.2) is 130 Å². The fourth-order valence-corrected chi connectivity index (χ4v) is 6.82. The quantitative estimate of drug-likeness (QED) is 0.381. The fourth-order valence-electron chi connectivity index (χ4n) is 6.82. The summed E-state index contributed by atoms with van der Waals surface area (Å²) in [7, 11) is 0. The molecular weight excluding hydrogens is 544 g/mol. The van der Waals surface area contributed by atoms with Gasteiger partial charge in [0.05, 0.1) is 130 Å². The molecule has 3 aliphatic carbocycles. The van der Waals surface area contributed by atoms with E-state index in [1.807, 2.05) is 0 Å². The Morgan fingerprint density at radius 3 is 0.881 bits per heavy atom. The molecule has 0 aromatic carbocycles. The second-order valence-electron chi connectivity index (χ2n) is 11.8. The molecule has 0 spiro atoms. The van der Waals surface area contributed by atoms with Crippen LogP contribution >= 0.6 is 0 Å². The molecule has 42 heavy (non-hydrogen) atoms. The van der Waals surface area contributed by atoms with E-state index >= 15 is 0 Å². The van der Waals surface area contributed by atoms with Crippen molar-refractivity contribution in [2.45, 2.75) is 88.6 Å². The van der Waals surface area contributed by atoms with Crippen LogP contribution in [0.3, 0.4) is 0 Å². The number of fused-ring (bicyclic) bond motifs is 26. The number of hydrogen-bond acceptors (Lipinski definition) is 10. The van der Waals surface area contributed by atoms with Crippen LogP contribution in [0.15, 0.2) is 0 Å². The van der Waals surface area contributed by atoms with E-state index < -0.39 is 0 Å². The van der Waals surface area contributed by atoms with Crippen LogP contribution in [0, 0.1) is 11.8 Å². The van der Waals surface area contributed by atoms with Crippen LogP contribution < -0.4 is 0 Å². The molecule has 3 saturated carbocycles. The second kappa shape index (κ2) is 22.2. The molecule has 5 fully saturated rings. The Morgan fingerprint density at radius 1 is 0.262 bits per heavy atom. The summed E-state index contributed by atoms with van der Waals surface area (Å²) < 4.78 is 58.8. The predicted molar refractivity (Wildman–Crippen MR) is 157 cm³/mol. The molecule has 0 N–H and O–H groups in total. The molecular formula is C32H58O10. The third-order valence-electron chi connectivity index (χ3n) is 8.95. The maximum Gasteiger partial charge on any atom is 0.0704 e. The Balaban J connectivity index is 1.11. The average molecular weight is 603 g/mol. The first-order chi connectivity index (χ1) is 20.9. The van der Waals surface area contributed by atoms with E-state index in [0.717, 1.165) is 38.5 Å². The van der Waals surface area contributed by atoms with E-state index in [1.54, 1.807) is 0 Å².